The van der Waals surface area contributed by atoms with Gasteiger partial charge in [0.2, 0.25) is 0 Å². The highest BCUT2D eigenvalue weighted by atomic mass is 79.9. The van der Waals surface area contributed by atoms with Gasteiger partial charge in [-0.15, -0.1) is 0 Å². The van der Waals surface area contributed by atoms with Gasteiger partial charge >= 0.3 is 0 Å². The third-order valence-corrected chi connectivity index (χ3v) is 4.28. The molecule has 2 aromatic carbocycles. The first-order valence-corrected chi connectivity index (χ1v) is 8.77. The topological polar surface area (TPSA) is 102 Å². The molecule has 1 heterocycles. The van der Waals surface area contributed by atoms with Crippen LogP contribution in [-0.2, 0) is 6.54 Å². The van der Waals surface area contributed by atoms with E-state index < -0.39 is 16.6 Å². The number of nitro benzene ring substituents is 1. The van der Waals surface area contributed by atoms with E-state index in [1.807, 2.05) is 0 Å². The van der Waals surface area contributed by atoms with E-state index in [4.69, 9.17) is 0 Å². The van der Waals surface area contributed by atoms with Crippen LogP contribution in [-0.4, -0.2) is 26.8 Å². The molecule has 3 aromatic rings. The number of carbonyl (C=O) groups excluding carboxylic acids is 1. The van der Waals surface area contributed by atoms with Gasteiger partial charge in [-0.1, -0.05) is 30.3 Å². The minimum atomic E-state index is -0.568. The molecule has 0 radical (unpaired) electrons. The van der Waals surface area contributed by atoms with Crippen molar-refractivity contribution < 1.29 is 14.1 Å². The quantitative estimate of drug-likeness (QED) is 0.356. The first-order chi connectivity index (χ1) is 13.4. The molecule has 0 saturated heterocycles. The summed E-state index contributed by atoms with van der Waals surface area (Å²) >= 11 is 3.26. The second-order valence-corrected chi connectivity index (χ2v) is 6.52. The Morgan fingerprint density at radius 2 is 2.00 bits per heavy atom. The number of hydrogen-bond donors (Lipinski definition) is 1. The van der Waals surface area contributed by atoms with Crippen molar-refractivity contribution in [1.29, 1.82) is 0 Å². The van der Waals surface area contributed by atoms with Crippen molar-refractivity contribution >= 4 is 33.7 Å². The molecule has 0 saturated carbocycles. The number of hydrogen-bond acceptors (Lipinski definition) is 5. The minimum Gasteiger partial charge on any atom is -0.266 e. The zero-order valence-corrected chi connectivity index (χ0v) is 15.8. The van der Waals surface area contributed by atoms with Crippen molar-refractivity contribution in [2.24, 2.45) is 5.10 Å². The number of nitro groups is 1. The lowest BCUT2D eigenvalue weighted by Crippen LogP contribution is -2.19. The molecule has 0 bridgehead atoms. The smallest absolute Gasteiger partial charge is 0.266 e. The van der Waals surface area contributed by atoms with Gasteiger partial charge < -0.3 is 0 Å². The number of non-ortho nitro benzene ring substituents is 1. The van der Waals surface area contributed by atoms with Crippen molar-refractivity contribution in [2.75, 3.05) is 0 Å². The van der Waals surface area contributed by atoms with Crippen molar-refractivity contribution in [1.82, 2.24) is 15.2 Å². The van der Waals surface area contributed by atoms with Gasteiger partial charge in [-0.05, 0) is 27.6 Å². The molecule has 0 unspecified atom stereocenters. The highest BCUT2D eigenvalue weighted by Gasteiger charge is 2.15. The van der Waals surface area contributed by atoms with E-state index in [9.17, 15) is 19.3 Å². The van der Waals surface area contributed by atoms with Crippen molar-refractivity contribution in [3.8, 4) is 0 Å². The predicted octanol–water partition coefficient (Wildman–Crippen LogP) is 3.51. The van der Waals surface area contributed by atoms with E-state index in [1.165, 1.54) is 35.2 Å². The molecule has 3 rings (SSSR count). The van der Waals surface area contributed by atoms with Crippen molar-refractivity contribution in [3.05, 3.63) is 92.0 Å². The van der Waals surface area contributed by atoms with Gasteiger partial charge in [0.05, 0.1) is 22.2 Å². The molecule has 0 fully saturated rings. The summed E-state index contributed by atoms with van der Waals surface area (Å²) in [4.78, 5) is 22.4. The molecule has 0 spiro atoms. The Morgan fingerprint density at radius 3 is 2.68 bits per heavy atom. The van der Waals surface area contributed by atoms with Gasteiger partial charge in [0.15, 0.2) is 5.69 Å². The maximum absolute atomic E-state index is 13.5. The third-order valence-electron chi connectivity index (χ3n) is 3.70. The maximum atomic E-state index is 13.5. The summed E-state index contributed by atoms with van der Waals surface area (Å²) in [7, 11) is 0. The van der Waals surface area contributed by atoms with E-state index in [-0.39, 0.29) is 16.9 Å². The largest absolute Gasteiger partial charge is 0.293 e. The summed E-state index contributed by atoms with van der Waals surface area (Å²) in [5.41, 5.74) is 3.42. The number of benzene rings is 2. The van der Waals surface area contributed by atoms with Gasteiger partial charge in [-0.2, -0.15) is 10.2 Å². The van der Waals surface area contributed by atoms with Crippen LogP contribution in [0, 0.1) is 15.9 Å². The number of rotatable bonds is 6. The van der Waals surface area contributed by atoms with Crippen LogP contribution in [0.5, 0.6) is 0 Å². The standard InChI is InChI=1S/C18H13BrFN5O3/c19-15-11-24(10-12-5-7-14(8-6-12)25(27)28)23-17(15)18(26)22-21-9-13-3-1-2-4-16(13)20/h1-9,11H,10H2,(H,22,26)/b21-9-. The van der Waals surface area contributed by atoms with E-state index in [1.54, 1.807) is 30.5 Å². The van der Waals surface area contributed by atoms with Crippen molar-refractivity contribution in [3.63, 3.8) is 0 Å². The van der Waals surface area contributed by atoms with Gasteiger partial charge in [0.25, 0.3) is 11.6 Å². The Bertz CT molecular complexity index is 1050. The fourth-order valence-electron chi connectivity index (χ4n) is 2.34. The van der Waals surface area contributed by atoms with E-state index in [0.717, 1.165) is 5.56 Å². The lowest BCUT2D eigenvalue weighted by molar-refractivity contribution is -0.384. The average Bonchev–Trinajstić information content (AvgIpc) is 3.04. The number of hydrazone groups is 1. The number of nitrogens with one attached hydrogen (secondary N) is 1. The summed E-state index contributed by atoms with van der Waals surface area (Å²) in [5, 5.41) is 18.6. The van der Waals surface area contributed by atoms with Crippen LogP contribution in [0.1, 0.15) is 21.6 Å². The lowest BCUT2D eigenvalue weighted by atomic mass is 10.2. The second kappa shape index (κ2) is 8.53. The lowest BCUT2D eigenvalue weighted by Gasteiger charge is -2.01. The van der Waals surface area contributed by atoms with Crippen LogP contribution < -0.4 is 5.43 Å². The van der Waals surface area contributed by atoms with Gasteiger partial charge in [-0.25, -0.2) is 9.82 Å². The molecule has 1 amide bonds. The summed E-state index contributed by atoms with van der Waals surface area (Å²) in [6.07, 6.45) is 2.81. The SMILES string of the molecule is O=C(N/N=C\c1ccccc1F)c1nn(Cc2ccc([N+](=O)[O-])cc2)cc1Br. The Morgan fingerprint density at radius 1 is 1.29 bits per heavy atom. The van der Waals surface area contributed by atoms with Gasteiger partial charge in [-0.3, -0.25) is 19.6 Å². The molecule has 8 nitrogen and oxygen atoms in total. The molecule has 1 N–H and O–H groups in total. The number of nitrogens with zero attached hydrogens (tertiary/aromatic N) is 4. The van der Waals surface area contributed by atoms with E-state index in [0.29, 0.717) is 11.0 Å². The fourth-order valence-corrected chi connectivity index (χ4v) is 2.83. The predicted molar refractivity (Wildman–Crippen MR) is 104 cm³/mol. The Labute approximate surface area is 167 Å². The number of aromatic nitrogens is 2. The third kappa shape index (κ3) is 4.65. The van der Waals surface area contributed by atoms with Crippen LogP contribution >= 0.6 is 15.9 Å². The van der Waals surface area contributed by atoms with Crippen LogP contribution in [0.25, 0.3) is 0 Å². The summed E-state index contributed by atoms with van der Waals surface area (Å²) < 4.78 is 15.5. The van der Waals surface area contributed by atoms with Gasteiger partial charge in [0, 0.05) is 23.9 Å². The van der Waals surface area contributed by atoms with Crippen LogP contribution in [0.4, 0.5) is 10.1 Å². The summed E-state index contributed by atoms with van der Waals surface area (Å²) in [6, 6.07) is 12.1. The number of carbonyl (C=O) groups is 1. The molecule has 142 valence electrons. The minimum absolute atomic E-state index is 0.00169. The molecular weight excluding hydrogens is 433 g/mol. The zero-order chi connectivity index (χ0) is 20.1. The van der Waals surface area contributed by atoms with Gasteiger partial charge in [0.1, 0.15) is 5.82 Å². The fraction of sp³-hybridized carbons (Fsp3) is 0.0556. The zero-order valence-electron chi connectivity index (χ0n) is 14.3. The first kappa shape index (κ1) is 19.4. The number of halogens is 2. The molecule has 0 aliphatic heterocycles. The van der Waals surface area contributed by atoms with Crippen LogP contribution in [0.3, 0.4) is 0 Å². The van der Waals surface area contributed by atoms with E-state index >= 15 is 0 Å². The second-order valence-electron chi connectivity index (χ2n) is 5.67. The summed E-state index contributed by atoms with van der Waals surface area (Å²) in [5.74, 6) is -1.02. The Hall–Kier alpha value is -3.40. The first-order valence-electron chi connectivity index (χ1n) is 7.98. The Balaban J connectivity index is 1.66. The highest BCUT2D eigenvalue weighted by Crippen LogP contribution is 2.17. The number of amides is 1. The maximum Gasteiger partial charge on any atom is 0.293 e. The van der Waals surface area contributed by atoms with Crippen LogP contribution in [0.15, 0.2) is 64.3 Å². The van der Waals surface area contributed by atoms with Crippen molar-refractivity contribution in [2.45, 2.75) is 6.54 Å². The molecule has 0 aliphatic carbocycles. The molecule has 1 aromatic heterocycles. The highest BCUT2D eigenvalue weighted by molar-refractivity contribution is 9.10. The molecule has 0 aliphatic rings. The Kier molecular flexibility index (Phi) is 5.90. The average molecular weight is 446 g/mol. The van der Waals surface area contributed by atoms with E-state index in [2.05, 4.69) is 31.6 Å². The molecular formula is C18H13BrFN5O3. The molecule has 10 heteroatoms. The monoisotopic (exact) mass is 445 g/mol. The molecule has 0 atom stereocenters. The summed E-state index contributed by atoms with van der Waals surface area (Å²) in [6.45, 7) is 0.322. The van der Waals surface area contributed by atoms with Crippen LogP contribution in [0.2, 0.25) is 0 Å². The normalized spacial score (nSPS) is 10.9. The molecule has 28 heavy (non-hydrogen) atoms.